The van der Waals surface area contributed by atoms with Crippen LogP contribution in [0.25, 0.3) is 5.76 Å². The highest BCUT2D eigenvalue weighted by atomic mass is 35.5. The van der Waals surface area contributed by atoms with Gasteiger partial charge < -0.3 is 14.6 Å². The van der Waals surface area contributed by atoms with E-state index in [9.17, 15) is 14.7 Å². The largest absolute Gasteiger partial charge is 0.469 e. The van der Waals surface area contributed by atoms with Gasteiger partial charge in [-0.2, -0.15) is 0 Å². The molecule has 1 N–H and O–H groups in total. The van der Waals surface area contributed by atoms with Crippen LogP contribution in [0.4, 0.5) is 0 Å². The van der Waals surface area contributed by atoms with Crippen LogP contribution >= 0.6 is 11.6 Å². The zero-order valence-electron chi connectivity index (χ0n) is 10.1. The predicted molar refractivity (Wildman–Crippen MR) is 67.1 cm³/mol. The lowest BCUT2D eigenvalue weighted by atomic mass is 10.1. The van der Waals surface area contributed by atoms with Gasteiger partial charge in [-0.15, -0.1) is 0 Å². The van der Waals surface area contributed by atoms with Crippen LogP contribution in [0.2, 0.25) is 5.02 Å². The van der Waals surface area contributed by atoms with E-state index in [1.54, 1.807) is 24.3 Å². The molecule has 0 amide bonds. The zero-order valence-corrected chi connectivity index (χ0v) is 10.8. The average Bonchev–Trinajstić information content (AvgIpc) is 2.66. The Morgan fingerprint density at radius 1 is 1.42 bits per heavy atom. The van der Waals surface area contributed by atoms with Crippen LogP contribution in [0, 0.1) is 0 Å². The van der Waals surface area contributed by atoms with Crippen LogP contribution in [-0.4, -0.2) is 29.8 Å². The lowest BCUT2D eigenvalue weighted by Crippen LogP contribution is -2.38. The van der Waals surface area contributed by atoms with Gasteiger partial charge in [0.05, 0.1) is 7.11 Å². The van der Waals surface area contributed by atoms with Crippen LogP contribution in [-0.2, 0) is 19.1 Å². The van der Waals surface area contributed by atoms with Crippen LogP contribution in [0.15, 0.2) is 30.3 Å². The van der Waals surface area contributed by atoms with E-state index in [4.69, 9.17) is 16.3 Å². The number of benzene rings is 1. The summed E-state index contributed by atoms with van der Waals surface area (Å²) in [6.45, 7) is 0. The second-order valence-electron chi connectivity index (χ2n) is 4.02. The third-order valence-electron chi connectivity index (χ3n) is 2.67. The fourth-order valence-corrected chi connectivity index (χ4v) is 1.77. The molecule has 100 valence electrons. The average molecular weight is 283 g/mol. The minimum atomic E-state index is -2.19. The minimum absolute atomic E-state index is 0.188. The molecular formula is C13H11ClO5. The summed E-state index contributed by atoms with van der Waals surface area (Å²) in [6, 6.07) is 6.54. The standard InChI is InChI=1S/C13H11ClO5/c1-18-12(16)7-13(17)11(15)6-10(19-13)8-2-4-9(14)5-3-8/h2-6,17H,7H2,1H3. The third kappa shape index (κ3) is 2.77. The van der Waals surface area contributed by atoms with Crippen molar-refractivity contribution in [2.24, 2.45) is 0 Å². The molecule has 2 rings (SSSR count). The quantitative estimate of drug-likeness (QED) is 0.851. The molecule has 0 spiro atoms. The minimum Gasteiger partial charge on any atom is -0.469 e. The molecule has 6 heteroatoms. The molecule has 0 aromatic heterocycles. The molecule has 0 fully saturated rings. The number of carbonyl (C=O) groups excluding carboxylic acids is 2. The lowest BCUT2D eigenvalue weighted by molar-refractivity contribution is -0.181. The summed E-state index contributed by atoms with van der Waals surface area (Å²) >= 11 is 5.75. The monoisotopic (exact) mass is 282 g/mol. The van der Waals surface area contributed by atoms with E-state index in [0.717, 1.165) is 6.08 Å². The number of ketones is 1. The van der Waals surface area contributed by atoms with E-state index in [1.165, 1.54) is 7.11 Å². The Balaban J connectivity index is 2.19. The molecule has 1 aliphatic rings. The topological polar surface area (TPSA) is 72.8 Å². The summed E-state index contributed by atoms with van der Waals surface area (Å²) < 4.78 is 9.59. The number of rotatable bonds is 3. The van der Waals surface area contributed by atoms with Crippen molar-refractivity contribution in [3.63, 3.8) is 0 Å². The molecule has 1 heterocycles. The summed E-state index contributed by atoms with van der Waals surface area (Å²) in [4.78, 5) is 22.9. The first kappa shape index (κ1) is 13.6. The fourth-order valence-electron chi connectivity index (χ4n) is 1.64. The molecule has 0 aliphatic carbocycles. The van der Waals surface area contributed by atoms with Crippen LogP contribution in [0.1, 0.15) is 12.0 Å². The van der Waals surface area contributed by atoms with Crippen molar-refractivity contribution in [3.8, 4) is 0 Å². The van der Waals surface area contributed by atoms with Gasteiger partial charge in [0.2, 0.25) is 5.78 Å². The molecule has 1 aromatic carbocycles. The van der Waals surface area contributed by atoms with Crippen LogP contribution in [0.3, 0.4) is 0 Å². The number of hydrogen-bond donors (Lipinski definition) is 1. The van der Waals surface area contributed by atoms with Crippen molar-refractivity contribution >= 4 is 29.1 Å². The first-order chi connectivity index (χ1) is 8.94. The van der Waals surface area contributed by atoms with E-state index in [1.807, 2.05) is 0 Å². The van der Waals surface area contributed by atoms with Crippen molar-refractivity contribution in [2.75, 3.05) is 7.11 Å². The van der Waals surface area contributed by atoms with Crippen molar-refractivity contribution < 1.29 is 24.2 Å². The predicted octanol–water partition coefficient (Wildman–Crippen LogP) is 1.53. The van der Waals surface area contributed by atoms with Gasteiger partial charge in [0.25, 0.3) is 5.79 Å². The van der Waals surface area contributed by atoms with E-state index in [0.29, 0.717) is 10.6 Å². The number of aliphatic hydroxyl groups is 1. The van der Waals surface area contributed by atoms with Crippen molar-refractivity contribution in [3.05, 3.63) is 40.9 Å². The lowest BCUT2D eigenvalue weighted by Gasteiger charge is -2.20. The molecule has 1 aromatic rings. The van der Waals surface area contributed by atoms with E-state index >= 15 is 0 Å². The Kier molecular flexibility index (Phi) is 3.59. The van der Waals surface area contributed by atoms with Crippen molar-refractivity contribution in [1.82, 2.24) is 0 Å². The Bertz CT molecular complexity index is 549. The normalized spacial score (nSPS) is 21.8. The number of halogens is 1. The molecule has 1 unspecified atom stereocenters. The molecule has 1 aliphatic heterocycles. The SMILES string of the molecule is COC(=O)CC1(O)OC(c2ccc(Cl)cc2)=CC1=O. The summed E-state index contributed by atoms with van der Waals surface area (Å²) in [7, 11) is 1.17. The van der Waals surface area contributed by atoms with Crippen LogP contribution < -0.4 is 0 Å². The van der Waals surface area contributed by atoms with E-state index in [-0.39, 0.29) is 5.76 Å². The highest BCUT2D eigenvalue weighted by Crippen LogP contribution is 2.32. The van der Waals surface area contributed by atoms with Gasteiger partial charge in [-0.1, -0.05) is 11.6 Å². The number of carbonyl (C=O) groups is 2. The molecule has 0 bridgehead atoms. The maximum Gasteiger partial charge on any atom is 0.312 e. The van der Waals surface area contributed by atoms with E-state index in [2.05, 4.69) is 4.74 Å². The van der Waals surface area contributed by atoms with Crippen molar-refractivity contribution in [2.45, 2.75) is 12.2 Å². The summed E-state index contributed by atoms with van der Waals surface area (Å²) in [5, 5.41) is 10.5. The smallest absolute Gasteiger partial charge is 0.312 e. The van der Waals surface area contributed by atoms with Gasteiger partial charge in [0.1, 0.15) is 12.2 Å². The zero-order chi connectivity index (χ0) is 14.0. The van der Waals surface area contributed by atoms with E-state index < -0.39 is 24.0 Å². The van der Waals surface area contributed by atoms with Gasteiger partial charge >= 0.3 is 5.97 Å². The molecular weight excluding hydrogens is 272 g/mol. The molecule has 0 saturated carbocycles. The number of esters is 1. The second kappa shape index (κ2) is 5.03. The molecule has 19 heavy (non-hydrogen) atoms. The van der Waals surface area contributed by atoms with Gasteiger partial charge in [0, 0.05) is 16.7 Å². The van der Waals surface area contributed by atoms with Gasteiger partial charge in [0.15, 0.2) is 0 Å². The highest BCUT2D eigenvalue weighted by Gasteiger charge is 2.45. The maximum atomic E-state index is 11.7. The van der Waals surface area contributed by atoms with Gasteiger partial charge in [-0.05, 0) is 24.3 Å². The summed E-state index contributed by atoms with van der Waals surface area (Å²) in [5.41, 5.74) is 0.582. The molecule has 0 radical (unpaired) electrons. The Morgan fingerprint density at radius 2 is 2.05 bits per heavy atom. The maximum absolute atomic E-state index is 11.7. The van der Waals surface area contributed by atoms with Gasteiger partial charge in [-0.3, -0.25) is 9.59 Å². The Labute approximate surface area is 114 Å². The summed E-state index contributed by atoms with van der Waals surface area (Å²) in [6.07, 6.45) is 0.585. The molecule has 0 saturated heterocycles. The Hall–Kier alpha value is -1.85. The van der Waals surface area contributed by atoms with Gasteiger partial charge in [-0.25, -0.2) is 0 Å². The van der Waals surface area contributed by atoms with Crippen LogP contribution in [0.5, 0.6) is 0 Å². The fraction of sp³-hybridized carbons (Fsp3) is 0.231. The molecule has 1 atom stereocenters. The number of hydrogen-bond acceptors (Lipinski definition) is 5. The highest BCUT2D eigenvalue weighted by molar-refractivity contribution is 6.30. The second-order valence-corrected chi connectivity index (χ2v) is 4.46. The first-order valence-electron chi connectivity index (χ1n) is 5.45. The molecule has 5 nitrogen and oxygen atoms in total. The summed E-state index contributed by atoms with van der Waals surface area (Å²) in [5.74, 6) is -3.43. The third-order valence-corrected chi connectivity index (χ3v) is 2.92. The Morgan fingerprint density at radius 3 is 2.63 bits per heavy atom. The number of ether oxygens (including phenoxy) is 2. The van der Waals surface area contributed by atoms with Crippen molar-refractivity contribution in [1.29, 1.82) is 0 Å². The first-order valence-corrected chi connectivity index (χ1v) is 5.83. The number of methoxy groups -OCH3 is 1.